The molecule has 2 rings (SSSR count). The molecule has 0 atom stereocenters. The predicted molar refractivity (Wildman–Crippen MR) is 65.9 cm³/mol. The number of carbonyl (C=O) groups excluding carboxylic acids is 1. The van der Waals surface area contributed by atoms with Crippen LogP contribution in [0.15, 0.2) is 10.5 Å². The van der Waals surface area contributed by atoms with Crippen LogP contribution in [0, 0.1) is 0 Å². The Bertz CT molecular complexity index is 431. The highest BCUT2D eigenvalue weighted by Gasteiger charge is 2.22. The van der Waals surface area contributed by atoms with Crippen LogP contribution < -0.4 is 9.47 Å². The van der Waals surface area contributed by atoms with E-state index >= 15 is 0 Å². The number of fused-ring (bicyclic) bond motifs is 1. The fourth-order valence-corrected chi connectivity index (χ4v) is 2.46. The molecule has 0 aromatic heterocycles. The molecular weight excluding hydrogens is 288 g/mol. The van der Waals surface area contributed by atoms with Crippen LogP contribution in [-0.4, -0.2) is 31.2 Å². The second-order valence-electron chi connectivity index (χ2n) is 3.73. The molecule has 1 N–H and O–H groups in total. The second kappa shape index (κ2) is 5.51. The van der Waals surface area contributed by atoms with E-state index in [0.717, 1.165) is 16.3 Å². The molecule has 0 saturated carbocycles. The second-order valence-corrected chi connectivity index (χ2v) is 4.58. The summed E-state index contributed by atoms with van der Waals surface area (Å²) in [6, 6.07) is 1.73. The van der Waals surface area contributed by atoms with Gasteiger partial charge in [-0.15, -0.1) is 0 Å². The normalized spacial score (nSPS) is 13.5. The first-order valence-electron chi connectivity index (χ1n) is 5.45. The molecular formula is C12H13BrO4. The molecule has 1 aromatic rings. The minimum absolute atomic E-state index is 0.123. The first kappa shape index (κ1) is 12.4. The third kappa shape index (κ3) is 2.45. The highest BCUT2D eigenvalue weighted by atomic mass is 79.9. The molecule has 92 valence electrons. The summed E-state index contributed by atoms with van der Waals surface area (Å²) in [7, 11) is 0. The van der Waals surface area contributed by atoms with Crippen molar-refractivity contribution in [2.24, 2.45) is 0 Å². The summed E-state index contributed by atoms with van der Waals surface area (Å²) in [5, 5.41) is 8.88. The number of aliphatic hydroxyl groups is 1. The Hall–Kier alpha value is -1.07. The zero-order valence-corrected chi connectivity index (χ0v) is 10.8. The first-order chi connectivity index (χ1) is 8.27. The van der Waals surface area contributed by atoms with E-state index in [9.17, 15) is 4.79 Å². The first-order valence-corrected chi connectivity index (χ1v) is 6.24. The molecule has 1 aliphatic heterocycles. The highest BCUT2D eigenvalue weighted by Crippen LogP contribution is 2.41. The van der Waals surface area contributed by atoms with Crippen LogP contribution in [-0.2, 0) is 6.42 Å². The molecule has 5 heteroatoms. The van der Waals surface area contributed by atoms with E-state index < -0.39 is 0 Å². The number of aldehydes is 1. The number of aliphatic hydroxyl groups excluding tert-OH is 1. The minimum atomic E-state index is 0.123. The summed E-state index contributed by atoms with van der Waals surface area (Å²) < 4.78 is 11.9. The Balaban J connectivity index is 2.47. The molecule has 17 heavy (non-hydrogen) atoms. The average Bonchev–Trinajstić information content (AvgIpc) is 2.37. The smallest absolute Gasteiger partial charge is 0.172 e. The minimum Gasteiger partial charge on any atom is -0.486 e. The largest absolute Gasteiger partial charge is 0.486 e. The number of hydrogen-bond acceptors (Lipinski definition) is 4. The Kier molecular flexibility index (Phi) is 4.02. The average molecular weight is 301 g/mol. The van der Waals surface area contributed by atoms with Gasteiger partial charge in [0.1, 0.15) is 13.2 Å². The lowest BCUT2D eigenvalue weighted by Crippen LogP contribution is -2.18. The fourth-order valence-electron chi connectivity index (χ4n) is 1.83. The number of rotatable bonds is 4. The lowest BCUT2D eigenvalue weighted by Gasteiger charge is -2.23. The Morgan fingerprint density at radius 2 is 2.06 bits per heavy atom. The van der Waals surface area contributed by atoms with Crippen molar-refractivity contribution >= 4 is 22.2 Å². The van der Waals surface area contributed by atoms with Crippen LogP contribution in [0.1, 0.15) is 22.3 Å². The van der Waals surface area contributed by atoms with Crippen molar-refractivity contribution in [2.45, 2.75) is 12.8 Å². The summed E-state index contributed by atoms with van der Waals surface area (Å²) in [4.78, 5) is 11.0. The maximum absolute atomic E-state index is 11.0. The molecule has 0 radical (unpaired) electrons. The summed E-state index contributed by atoms with van der Waals surface area (Å²) in [5.41, 5.74) is 1.43. The molecule has 1 heterocycles. The van der Waals surface area contributed by atoms with Crippen LogP contribution in [0.4, 0.5) is 0 Å². The van der Waals surface area contributed by atoms with Gasteiger partial charge in [-0.2, -0.15) is 0 Å². The Morgan fingerprint density at radius 1 is 1.35 bits per heavy atom. The van der Waals surface area contributed by atoms with E-state index in [2.05, 4.69) is 15.9 Å². The standard InChI is InChI=1S/C12H13BrO4/c13-10-6-8(7-15)11-12(17-5-4-16-11)9(10)2-1-3-14/h6-7,14H,1-5H2. The molecule has 0 unspecified atom stereocenters. The summed E-state index contributed by atoms with van der Waals surface area (Å²) >= 11 is 3.42. The van der Waals surface area contributed by atoms with Gasteiger partial charge in [0.05, 0.1) is 5.56 Å². The van der Waals surface area contributed by atoms with Gasteiger partial charge >= 0.3 is 0 Å². The number of ether oxygens (including phenoxy) is 2. The van der Waals surface area contributed by atoms with Gasteiger partial charge in [-0.05, 0) is 18.9 Å². The van der Waals surface area contributed by atoms with Crippen molar-refractivity contribution in [3.8, 4) is 11.5 Å². The quantitative estimate of drug-likeness (QED) is 0.864. The zero-order chi connectivity index (χ0) is 12.3. The summed E-state index contributed by atoms with van der Waals surface area (Å²) in [6.45, 7) is 1.06. The van der Waals surface area contributed by atoms with E-state index in [-0.39, 0.29) is 6.61 Å². The van der Waals surface area contributed by atoms with Crippen LogP contribution >= 0.6 is 15.9 Å². The van der Waals surface area contributed by atoms with E-state index in [4.69, 9.17) is 14.6 Å². The molecule has 1 aliphatic rings. The van der Waals surface area contributed by atoms with Crippen LogP contribution in [0.5, 0.6) is 11.5 Å². The SMILES string of the molecule is O=Cc1cc(Br)c(CCCO)c2c1OCCO2. The maximum Gasteiger partial charge on any atom is 0.172 e. The fraction of sp³-hybridized carbons (Fsp3) is 0.417. The van der Waals surface area contributed by atoms with Gasteiger partial charge in [0.25, 0.3) is 0 Å². The number of carbonyl (C=O) groups is 1. The topological polar surface area (TPSA) is 55.8 Å². The molecule has 0 bridgehead atoms. The molecule has 0 aliphatic carbocycles. The third-order valence-electron chi connectivity index (χ3n) is 2.60. The zero-order valence-electron chi connectivity index (χ0n) is 9.24. The molecule has 0 amide bonds. The number of benzene rings is 1. The predicted octanol–water partition coefficient (Wildman–Crippen LogP) is 1.96. The molecule has 0 spiro atoms. The van der Waals surface area contributed by atoms with Crippen molar-refractivity contribution in [3.63, 3.8) is 0 Å². The summed E-state index contributed by atoms with van der Waals surface area (Å²) in [5.74, 6) is 1.14. The van der Waals surface area contributed by atoms with Crippen molar-refractivity contribution in [1.29, 1.82) is 0 Å². The van der Waals surface area contributed by atoms with Crippen molar-refractivity contribution in [3.05, 3.63) is 21.7 Å². The van der Waals surface area contributed by atoms with Gasteiger partial charge in [-0.3, -0.25) is 4.79 Å². The summed E-state index contributed by atoms with van der Waals surface area (Å²) in [6.07, 6.45) is 2.09. The number of hydrogen-bond donors (Lipinski definition) is 1. The van der Waals surface area contributed by atoms with Gasteiger partial charge in [-0.25, -0.2) is 0 Å². The third-order valence-corrected chi connectivity index (χ3v) is 3.31. The van der Waals surface area contributed by atoms with Crippen molar-refractivity contribution in [2.75, 3.05) is 19.8 Å². The Morgan fingerprint density at radius 3 is 2.71 bits per heavy atom. The van der Waals surface area contributed by atoms with Gasteiger partial charge in [0.15, 0.2) is 17.8 Å². The maximum atomic E-state index is 11.0. The van der Waals surface area contributed by atoms with Crippen molar-refractivity contribution in [1.82, 2.24) is 0 Å². The molecule has 0 fully saturated rings. The van der Waals surface area contributed by atoms with Crippen LogP contribution in [0.25, 0.3) is 0 Å². The van der Waals surface area contributed by atoms with Gasteiger partial charge in [-0.1, -0.05) is 15.9 Å². The number of halogens is 1. The van der Waals surface area contributed by atoms with E-state index in [1.807, 2.05) is 0 Å². The van der Waals surface area contributed by atoms with E-state index in [1.165, 1.54) is 0 Å². The highest BCUT2D eigenvalue weighted by molar-refractivity contribution is 9.10. The van der Waals surface area contributed by atoms with Gasteiger partial charge in [0.2, 0.25) is 0 Å². The van der Waals surface area contributed by atoms with Gasteiger partial charge in [0, 0.05) is 16.6 Å². The van der Waals surface area contributed by atoms with Gasteiger partial charge < -0.3 is 14.6 Å². The molecule has 0 saturated heterocycles. The van der Waals surface area contributed by atoms with Crippen LogP contribution in [0.2, 0.25) is 0 Å². The molecule has 4 nitrogen and oxygen atoms in total. The van der Waals surface area contributed by atoms with Crippen molar-refractivity contribution < 1.29 is 19.4 Å². The lowest BCUT2D eigenvalue weighted by molar-refractivity contribution is 0.111. The van der Waals surface area contributed by atoms with E-state index in [0.29, 0.717) is 43.1 Å². The Labute approximate surface area is 108 Å². The lowest BCUT2D eigenvalue weighted by atomic mass is 10.0. The molecule has 1 aromatic carbocycles. The van der Waals surface area contributed by atoms with E-state index in [1.54, 1.807) is 6.07 Å². The monoisotopic (exact) mass is 300 g/mol. The van der Waals surface area contributed by atoms with Crippen LogP contribution in [0.3, 0.4) is 0 Å².